The van der Waals surface area contributed by atoms with Crippen LogP contribution in [0.25, 0.3) is 0 Å². The zero-order valence-electron chi connectivity index (χ0n) is 37.3. The van der Waals surface area contributed by atoms with E-state index in [0.29, 0.717) is 11.0 Å². The number of aliphatic hydroxyl groups excluding tert-OH is 1. The van der Waals surface area contributed by atoms with E-state index in [0.717, 1.165) is 51.4 Å². The van der Waals surface area contributed by atoms with E-state index in [9.17, 15) is 19.4 Å². The molecule has 1 N–H and O–H groups in total. The molecule has 0 aliphatic rings. The van der Waals surface area contributed by atoms with Crippen molar-refractivity contribution in [3.63, 3.8) is 0 Å². The lowest BCUT2D eigenvalue weighted by molar-refractivity contribution is -0.870. The Morgan fingerprint density at radius 3 is 1.72 bits per heavy atom. The molecule has 58 heavy (non-hydrogen) atoms. The second-order valence-electron chi connectivity index (χ2n) is 15.9. The van der Waals surface area contributed by atoms with Gasteiger partial charge in [0.15, 0.2) is 6.10 Å². The Hall–Kier alpha value is -2.52. The molecule has 0 aromatic rings. The fourth-order valence-corrected chi connectivity index (χ4v) is 6.31. The molecule has 0 amide bonds. The molecule has 0 saturated carbocycles. The van der Waals surface area contributed by atoms with Crippen LogP contribution in [0.5, 0.6) is 0 Å². The summed E-state index contributed by atoms with van der Waals surface area (Å²) in [4.78, 5) is 24.9. The fraction of sp³-hybridized carbons (Fsp3) is 0.688. The Bertz CT molecular complexity index is 1220. The third-order valence-corrected chi connectivity index (χ3v) is 10.1. The standard InChI is InChI=1S/C48H84NO8P/c1-6-8-10-12-14-16-18-20-22-24-26-28-30-32-34-36-38-46(50)39-40-48(51)55-44-47(45-57-58(52,53)56-43-41-49(3,4)5)54-42-37-35-33-31-29-27-25-23-21-19-17-15-13-11-9-7-2/h8,10,14,16,20,22,26,28,32,34,36-38,42,46-47,50H,6-7,9,11-13,15,17-19,21,23-25,27,29-31,33,35,39-41,43-45H2,1-5H3/b10-8-,16-14-,22-20-,28-26-,34-32-,38-36-,42-37+/t46?,47-/m1/s1. The molecule has 10 heteroatoms. The van der Waals surface area contributed by atoms with Gasteiger partial charge in [0.1, 0.15) is 19.8 Å². The number of likely N-dealkylation sites (N-methyl/N-ethyl adjacent to an activating group) is 1. The SMILES string of the molecule is CC/C=C\C/C=C\C/C=C\C/C=C\C/C=C\C=C/C(O)CCC(=O)OC[C@H](COP(=O)([O-])OCC[N+](C)(C)C)O/C=C/CCCCCCCCCCCCCCCC. The first-order valence-electron chi connectivity index (χ1n) is 22.5. The third kappa shape index (κ3) is 43.1. The fourth-order valence-electron chi connectivity index (χ4n) is 5.58. The molecule has 0 rings (SSSR count). The van der Waals surface area contributed by atoms with E-state index in [2.05, 4.69) is 62.5 Å². The normalized spacial score (nSPS) is 15.0. The van der Waals surface area contributed by atoms with E-state index in [1.54, 1.807) is 12.2 Å². The van der Waals surface area contributed by atoms with Crippen LogP contribution in [0.4, 0.5) is 0 Å². The molecule has 0 aliphatic carbocycles. The van der Waals surface area contributed by atoms with Crippen LogP contribution in [-0.4, -0.2) is 75.3 Å². The van der Waals surface area contributed by atoms with Crippen molar-refractivity contribution >= 4 is 13.8 Å². The van der Waals surface area contributed by atoms with Gasteiger partial charge in [0, 0.05) is 6.42 Å². The molecule has 3 atom stereocenters. The number of carbonyl (C=O) groups is 1. The van der Waals surface area contributed by atoms with Crippen molar-refractivity contribution in [1.82, 2.24) is 0 Å². The summed E-state index contributed by atoms with van der Waals surface area (Å²) < 4.78 is 34.2. The number of carbonyl (C=O) groups excluding carboxylic acids is 1. The molecule has 0 aromatic heterocycles. The second-order valence-corrected chi connectivity index (χ2v) is 17.4. The Labute approximate surface area is 355 Å². The lowest BCUT2D eigenvalue weighted by Gasteiger charge is -2.28. The van der Waals surface area contributed by atoms with Gasteiger partial charge in [-0.15, -0.1) is 0 Å². The van der Waals surface area contributed by atoms with Crippen molar-refractivity contribution in [2.75, 3.05) is 47.5 Å². The van der Waals surface area contributed by atoms with Gasteiger partial charge in [0.2, 0.25) is 0 Å². The van der Waals surface area contributed by atoms with Gasteiger partial charge in [0.05, 0.1) is 40.1 Å². The number of quaternary nitrogens is 1. The van der Waals surface area contributed by atoms with Gasteiger partial charge < -0.3 is 33.0 Å². The van der Waals surface area contributed by atoms with E-state index in [4.69, 9.17) is 18.5 Å². The average molecular weight is 834 g/mol. The van der Waals surface area contributed by atoms with Crippen molar-refractivity contribution in [3.05, 3.63) is 85.3 Å². The van der Waals surface area contributed by atoms with Crippen molar-refractivity contribution in [3.8, 4) is 0 Å². The van der Waals surface area contributed by atoms with Gasteiger partial charge >= 0.3 is 5.97 Å². The minimum Gasteiger partial charge on any atom is -0.756 e. The first-order chi connectivity index (χ1) is 28.0. The lowest BCUT2D eigenvalue weighted by Crippen LogP contribution is -2.37. The molecule has 0 aromatic carbocycles. The van der Waals surface area contributed by atoms with Gasteiger partial charge in [0.25, 0.3) is 7.82 Å². The Morgan fingerprint density at radius 1 is 0.672 bits per heavy atom. The zero-order chi connectivity index (χ0) is 42.8. The van der Waals surface area contributed by atoms with Crippen LogP contribution in [0.2, 0.25) is 0 Å². The van der Waals surface area contributed by atoms with Crippen LogP contribution in [0, 0.1) is 0 Å². The summed E-state index contributed by atoms with van der Waals surface area (Å²) in [5.41, 5.74) is 0. The molecule has 0 fully saturated rings. The van der Waals surface area contributed by atoms with Gasteiger partial charge in [-0.1, -0.05) is 170 Å². The Balaban J connectivity index is 4.52. The quantitative estimate of drug-likeness (QED) is 0.0123. The number of hydrogen-bond acceptors (Lipinski definition) is 8. The lowest BCUT2D eigenvalue weighted by atomic mass is 10.0. The number of aliphatic hydroxyl groups is 1. The van der Waals surface area contributed by atoms with Crippen LogP contribution in [0.3, 0.4) is 0 Å². The molecule has 0 radical (unpaired) electrons. The molecule has 334 valence electrons. The van der Waals surface area contributed by atoms with Crippen molar-refractivity contribution < 1.29 is 42.4 Å². The molecule has 2 unspecified atom stereocenters. The summed E-state index contributed by atoms with van der Waals surface area (Å²) in [7, 11) is 1.23. The van der Waals surface area contributed by atoms with E-state index in [1.807, 2.05) is 39.4 Å². The molecule has 0 saturated heterocycles. The third-order valence-electron chi connectivity index (χ3n) is 9.17. The summed E-state index contributed by atoms with van der Waals surface area (Å²) in [5.74, 6) is -0.521. The highest BCUT2D eigenvalue weighted by Gasteiger charge is 2.19. The van der Waals surface area contributed by atoms with E-state index < -0.39 is 26.0 Å². The number of phosphoric acid groups is 1. The maximum Gasteiger partial charge on any atom is 0.306 e. The number of allylic oxidation sites excluding steroid dienone is 12. The van der Waals surface area contributed by atoms with Crippen molar-refractivity contribution in [2.45, 2.75) is 167 Å². The van der Waals surface area contributed by atoms with Crippen LogP contribution in [0.15, 0.2) is 85.3 Å². The van der Waals surface area contributed by atoms with Crippen LogP contribution in [0.1, 0.15) is 155 Å². The number of phosphoric ester groups is 1. The molecular weight excluding hydrogens is 750 g/mol. The number of hydrogen-bond donors (Lipinski definition) is 1. The van der Waals surface area contributed by atoms with Crippen molar-refractivity contribution in [2.24, 2.45) is 0 Å². The Morgan fingerprint density at radius 2 is 1.19 bits per heavy atom. The highest BCUT2D eigenvalue weighted by molar-refractivity contribution is 7.45. The highest BCUT2D eigenvalue weighted by Crippen LogP contribution is 2.38. The topological polar surface area (TPSA) is 114 Å². The molecular formula is C48H84NO8P. The predicted molar refractivity (Wildman–Crippen MR) is 241 cm³/mol. The van der Waals surface area contributed by atoms with Gasteiger partial charge in [-0.3, -0.25) is 9.36 Å². The van der Waals surface area contributed by atoms with E-state index in [-0.39, 0.29) is 32.7 Å². The molecule has 0 aliphatic heterocycles. The molecule has 9 nitrogen and oxygen atoms in total. The first-order valence-corrected chi connectivity index (χ1v) is 23.9. The Kier molecular flexibility index (Phi) is 38.2. The molecule has 0 bridgehead atoms. The van der Waals surface area contributed by atoms with Crippen LogP contribution < -0.4 is 4.89 Å². The predicted octanol–water partition coefficient (Wildman–Crippen LogP) is 12.0. The van der Waals surface area contributed by atoms with Crippen molar-refractivity contribution in [1.29, 1.82) is 0 Å². The monoisotopic (exact) mass is 834 g/mol. The van der Waals surface area contributed by atoms with Crippen LogP contribution in [-0.2, 0) is 27.9 Å². The summed E-state index contributed by atoms with van der Waals surface area (Å²) in [6, 6.07) is 0. The summed E-state index contributed by atoms with van der Waals surface area (Å²) in [6.45, 7) is 4.31. The highest BCUT2D eigenvalue weighted by atomic mass is 31.2. The first kappa shape index (κ1) is 55.5. The average Bonchev–Trinajstić information content (AvgIpc) is 3.18. The number of rotatable bonds is 40. The largest absolute Gasteiger partial charge is 0.756 e. The van der Waals surface area contributed by atoms with E-state index >= 15 is 0 Å². The number of nitrogens with zero attached hydrogens (tertiary/aromatic N) is 1. The smallest absolute Gasteiger partial charge is 0.306 e. The maximum absolute atomic E-state index is 12.5. The van der Waals surface area contributed by atoms with Gasteiger partial charge in [-0.05, 0) is 57.4 Å². The summed E-state index contributed by atoms with van der Waals surface area (Å²) in [5, 5.41) is 10.3. The summed E-state index contributed by atoms with van der Waals surface area (Å²) >= 11 is 0. The molecule has 0 heterocycles. The number of unbranched alkanes of at least 4 members (excludes halogenated alkanes) is 14. The zero-order valence-corrected chi connectivity index (χ0v) is 38.2. The number of esters is 1. The molecule has 0 spiro atoms. The summed E-state index contributed by atoms with van der Waals surface area (Å²) in [6.07, 6.45) is 50.3. The van der Waals surface area contributed by atoms with Crippen LogP contribution >= 0.6 is 7.82 Å². The maximum atomic E-state index is 12.5. The number of ether oxygens (including phenoxy) is 2. The second kappa shape index (κ2) is 39.9. The minimum atomic E-state index is -4.58. The minimum absolute atomic E-state index is 0.00602. The van der Waals surface area contributed by atoms with E-state index in [1.165, 1.54) is 83.3 Å². The van der Waals surface area contributed by atoms with Gasteiger partial charge in [-0.2, -0.15) is 0 Å². The van der Waals surface area contributed by atoms with Gasteiger partial charge in [-0.25, -0.2) is 0 Å².